The fourth-order valence-corrected chi connectivity index (χ4v) is 6.96. The van der Waals surface area contributed by atoms with E-state index in [1.807, 2.05) is 43.3 Å². The van der Waals surface area contributed by atoms with Gasteiger partial charge in [-0.05, 0) is 48.1 Å². The number of benzene rings is 2. The van der Waals surface area contributed by atoms with Crippen molar-refractivity contribution in [1.82, 2.24) is 19.7 Å². The average Bonchev–Trinajstić information content (AvgIpc) is 3.41. The second kappa shape index (κ2) is 12.8. The summed E-state index contributed by atoms with van der Waals surface area (Å²) in [5.74, 6) is 2.13. The number of ketones is 1. The summed E-state index contributed by atoms with van der Waals surface area (Å²) < 4.78 is 19.1. The molecule has 0 bridgehead atoms. The molecule has 1 aromatic heterocycles. The van der Waals surface area contributed by atoms with Gasteiger partial charge in [-0.25, -0.2) is 4.68 Å². The van der Waals surface area contributed by atoms with Crippen molar-refractivity contribution in [2.24, 2.45) is 5.41 Å². The van der Waals surface area contributed by atoms with Crippen molar-refractivity contribution in [3.63, 3.8) is 0 Å². The zero-order chi connectivity index (χ0) is 30.8. The number of hydrogen-bond donors (Lipinski definition) is 1. The SMILES string of the molecule is CCOc1cc(C2C3=C(CC(C)(C)CC3=O)Nc3nc(SCc4ccccc4Cl)nn32)ccc1OCC(=O)N1CCOCC1. The van der Waals surface area contributed by atoms with Gasteiger partial charge in [0, 0.05) is 41.6 Å². The zero-order valence-electron chi connectivity index (χ0n) is 25.1. The minimum absolute atomic E-state index is 0.0783. The van der Waals surface area contributed by atoms with Gasteiger partial charge in [0.1, 0.15) is 6.04 Å². The van der Waals surface area contributed by atoms with Crippen molar-refractivity contribution in [2.45, 2.75) is 50.6 Å². The molecule has 0 saturated carbocycles. The molecule has 1 aliphatic carbocycles. The highest BCUT2D eigenvalue weighted by Gasteiger charge is 2.42. The number of fused-ring (bicyclic) bond motifs is 1. The lowest BCUT2D eigenvalue weighted by Gasteiger charge is -2.38. The monoisotopic (exact) mass is 637 g/mol. The number of Topliss-reactive ketones (excluding diaryl/α,β-unsaturated/α-hetero) is 1. The Morgan fingerprint density at radius 2 is 1.93 bits per heavy atom. The van der Waals surface area contributed by atoms with Gasteiger partial charge in [-0.3, -0.25) is 9.59 Å². The number of morpholine rings is 1. The quantitative estimate of drug-likeness (QED) is 0.304. The van der Waals surface area contributed by atoms with E-state index >= 15 is 0 Å². The van der Waals surface area contributed by atoms with E-state index in [0.717, 1.165) is 16.8 Å². The summed E-state index contributed by atoms with van der Waals surface area (Å²) in [5, 5.41) is 9.58. The maximum Gasteiger partial charge on any atom is 0.260 e. The molecular formula is C32H36ClN5O5S. The first-order valence-electron chi connectivity index (χ1n) is 14.8. The number of nitrogens with one attached hydrogen (secondary N) is 1. The molecule has 1 fully saturated rings. The Morgan fingerprint density at radius 1 is 1.14 bits per heavy atom. The van der Waals surface area contributed by atoms with E-state index in [1.54, 1.807) is 15.6 Å². The number of allylic oxidation sites excluding steroid dienone is 2. The third kappa shape index (κ3) is 6.45. The zero-order valence-corrected chi connectivity index (χ0v) is 26.7. The standard InChI is InChI=1S/C32H36ClN5O5S/c1-4-42-26-15-20(9-10-25(26)43-18-27(40)37-11-13-41-14-12-37)29-28-23(16-32(2,3)17-24(28)39)34-30-35-31(36-38(29)30)44-19-21-7-5-6-8-22(21)33/h5-10,15,29H,4,11-14,16-19H2,1-3H3,(H,34,35,36). The van der Waals surface area contributed by atoms with Gasteiger partial charge >= 0.3 is 0 Å². The number of amides is 1. The summed E-state index contributed by atoms with van der Waals surface area (Å²) >= 11 is 7.88. The van der Waals surface area contributed by atoms with Crippen LogP contribution >= 0.6 is 23.4 Å². The van der Waals surface area contributed by atoms with Gasteiger partial charge < -0.3 is 24.4 Å². The van der Waals surface area contributed by atoms with Gasteiger partial charge in [-0.1, -0.05) is 61.5 Å². The topological polar surface area (TPSA) is 108 Å². The van der Waals surface area contributed by atoms with Crippen LogP contribution in [0.2, 0.25) is 5.02 Å². The lowest BCUT2D eigenvalue weighted by molar-refractivity contribution is -0.137. The van der Waals surface area contributed by atoms with Crippen LogP contribution in [0.25, 0.3) is 0 Å². The smallest absolute Gasteiger partial charge is 0.260 e. The first-order chi connectivity index (χ1) is 21.2. The van der Waals surface area contributed by atoms with E-state index in [2.05, 4.69) is 19.2 Å². The number of carbonyl (C=O) groups excluding carboxylic acids is 2. The van der Waals surface area contributed by atoms with Crippen LogP contribution in [-0.2, 0) is 20.1 Å². The molecule has 0 radical (unpaired) electrons. The molecule has 1 atom stereocenters. The molecule has 1 saturated heterocycles. The molecule has 1 N–H and O–H groups in total. The van der Waals surface area contributed by atoms with E-state index in [-0.39, 0.29) is 23.7 Å². The molecule has 3 aliphatic rings. The van der Waals surface area contributed by atoms with E-state index in [0.29, 0.717) is 84.7 Å². The first-order valence-corrected chi connectivity index (χ1v) is 16.2. The number of hydrogen-bond acceptors (Lipinski definition) is 9. The lowest BCUT2D eigenvalue weighted by atomic mass is 9.73. The number of thioether (sulfide) groups is 1. The molecule has 1 amide bonds. The third-order valence-corrected chi connectivity index (χ3v) is 9.18. The van der Waals surface area contributed by atoms with Crippen molar-refractivity contribution < 1.29 is 23.8 Å². The number of aromatic nitrogens is 3. The van der Waals surface area contributed by atoms with Crippen LogP contribution in [-0.4, -0.2) is 70.9 Å². The Kier molecular flexibility index (Phi) is 8.89. The van der Waals surface area contributed by atoms with Crippen LogP contribution in [0.5, 0.6) is 11.5 Å². The number of halogens is 1. The number of nitrogens with zero attached hydrogens (tertiary/aromatic N) is 4. The molecule has 2 aromatic carbocycles. The predicted octanol–water partition coefficient (Wildman–Crippen LogP) is 5.52. The molecule has 6 rings (SSSR count). The van der Waals surface area contributed by atoms with E-state index in [4.69, 9.17) is 35.9 Å². The van der Waals surface area contributed by atoms with Crippen LogP contribution < -0.4 is 14.8 Å². The van der Waals surface area contributed by atoms with Gasteiger partial charge in [0.25, 0.3) is 5.91 Å². The minimum Gasteiger partial charge on any atom is -0.490 e. The largest absolute Gasteiger partial charge is 0.490 e. The van der Waals surface area contributed by atoms with E-state index < -0.39 is 6.04 Å². The van der Waals surface area contributed by atoms with Gasteiger partial charge in [0.05, 0.1) is 19.8 Å². The third-order valence-electron chi connectivity index (χ3n) is 7.93. The lowest BCUT2D eigenvalue weighted by Crippen LogP contribution is -2.43. The van der Waals surface area contributed by atoms with Crippen LogP contribution in [0.15, 0.2) is 58.9 Å². The van der Waals surface area contributed by atoms with Crippen molar-refractivity contribution in [2.75, 3.05) is 44.8 Å². The first kappa shape index (κ1) is 30.5. The Labute approximate surface area is 266 Å². The number of carbonyl (C=O) groups is 2. The molecule has 3 aromatic rings. The highest BCUT2D eigenvalue weighted by atomic mass is 35.5. The molecule has 0 spiro atoms. The van der Waals surface area contributed by atoms with Crippen molar-refractivity contribution in [1.29, 1.82) is 0 Å². The van der Waals surface area contributed by atoms with Crippen LogP contribution in [0, 0.1) is 5.41 Å². The van der Waals surface area contributed by atoms with Crippen LogP contribution in [0.3, 0.4) is 0 Å². The Hall–Kier alpha value is -3.54. The van der Waals surface area contributed by atoms with Crippen molar-refractivity contribution in [3.8, 4) is 11.5 Å². The normalized spacial score (nSPS) is 19.2. The maximum atomic E-state index is 13.7. The van der Waals surface area contributed by atoms with Crippen molar-refractivity contribution >= 4 is 41.0 Å². The van der Waals surface area contributed by atoms with E-state index in [9.17, 15) is 9.59 Å². The second-order valence-corrected chi connectivity index (χ2v) is 13.2. The average molecular weight is 638 g/mol. The minimum atomic E-state index is -0.504. The summed E-state index contributed by atoms with van der Waals surface area (Å²) in [6.45, 7) is 8.56. The predicted molar refractivity (Wildman–Crippen MR) is 168 cm³/mol. The maximum absolute atomic E-state index is 13.7. The molecule has 12 heteroatoms. The van der Waals surface area contributed by atoms with Gasteiger partial charge in [-0.2, -0.15) is 4.98 Å². The summed E-state index contributed by atoms with van der Waals surface area (Å²) in [7, 11) is 0. The van der Waals surface area contributed by atoms with Crippen LogP contribution in [0.1, 0.15) is 50.8 Å². The Morgan fingerprint density at radius 3 is 2.70 bits per heavy atom. The highest BCUT2D eigenvalue weighted by Crippen LogP contribution is 2.47. The Bertz CT molecular complexity index is 1600. The second-order valence-electron chi connectivity index (χ2n) is 11.8. The van der Waals surface area contributed by atoms with Crippen molar-refractivity contribution in [3.05, 3.63) is 69.9 Å². The van der Waals surface area contributed by atoms with Crippen LogP contribution in [0.4, 0.5) is 5.95 Å². The van der Waals surface area contributed by atoms with Gasteiger partial charge in [0.15, 0.2) is 23.9 Å². The summed E-state index contributed by atoms with van der Waals surface area (Å²) in [4.78, 5) is 33.0. The number of ether oxygens (including phenoxy) is 3. The highest BCUT2D eigenvalue weighted by molar-refractivity contribution is 7.98. The number of rotatable bonds is 9. The number of anilines is 1. The van der Waals surface area contributed by atoms with Gasteiger partial charge in [-0.15, -0.1) is 5.10 Å². The molecular weight excluding hydrogens is 602 g/mol. The fourth-order valence-electron chi connectivity index (χ4n) is 5.84. The fraction of sp³-hybridized carbons (Fsp3) is 0.438. The molecule has 44 heavy (non-hydrogen) atoms. The summed E-state index contributed by atoms with van der Waals surface area (Å²) in [6, 6.07) is 12.8. The van der Waals surface area contributed by atoms with E-state index in [1.165, 1.54) is 11.8 Å². The molecule has 3 heterocycles. The molecule has 232 valence electrons. The molecule has 1 unspecified atom stereocenters. The van der Waals surface area contributed by atoms with Gasteiger partial charge in [0.2, 0.25) is 11.1 Å². The molecule has 2 aliphatic heterocycles. The summed E-state index contributed by atoms with van der Waals surface area (Å²) in [6.07, 6.45) is 1.15. The Balaban J connectivity index is 1.32. The molecule has 10 nitrogen and oxygen atoms in total. The summed E-state index contributed by atoms with van der Waals surface area (Å²) in [5.41, 5.74) is 3.18.